The third kappa shape index (κ3) is 5.18. The van der Waals surface area contributed by atoms with Gasteiger partial charge in [0.25, 0.3) is 5.91 Å². The van der Waals surface area contributed by atoms with Crippen molar-refractivity contribution in [2.45, 2.75) is 20.1 Å². The molecule has 32 heavy (non-hydrogen) atoms. The van der Waals surface area contributed by atoms with Crippen molar-refractivity contribution in [1.82, 2.24) is 9.78 Å². The third-order valence-corrected chi connectivity index (χ3v) is 6.05. The van der Waals surface area contributed by atoms with Crippen LogP contribution in [0.3, 0.4) is 0 Å². The molecule has 0 atom stereocenters. The molecule has 9 heteroatoms. The summed E-state index contributed by atoms with van der Waals surface area (Å²) in [7, 11) is 0. The number of amides is 1. The van der Waals surface area contributed by atoms with Crippen molar-refractivity contribution in [3.63, 3.8) is 0 Å². The summed E-state index contributed by atoms with van der Waals surface area (Å²) in [4.78, 5) is 12.6. The van der Waals surface area contributed by atoms with Crippen molar-refractivity contribution < 1.29 is 13.9 Å². The number of nitrogens with zero attached hydrogens (tertiary/aromatic N) is 2. The van der Waals surface area contributed by atoms with Crippen LogP contribution in [0.5, 0.6) is 5.75 Å². The van der Waals surface area contributed by atoms with E-state index in [0.29, 0.717) is 33.9 Å². The number of rotatable bonds is 7. The van der Waals surface area contributed by atoms with Crippen LogP contribution in [0.15, 0.2) is 69.6 Å². The molecule has 0 aliphatic heterocycles. The fourth-order valence-corrected chi connectivity index (χ4v) is 3.95. The molecular formula is C23H18BrCl2N3O3. The lowest BCUT2D eigenvalue weighted by molar-refractivity contribution is 0.0992. The predicted molar refractivity (Wildman–Crippen MR) is 128 cm³/mol. The molecule has 2 heterocycles. The first kappa shape index (κ1) is 22.5. The molecule has 164 valence electrons. The van der Waals surface area contributed by atoms with Gasteiger partial charge in [0, 0.05) is 27.4 Å². The fourth-order valence-electron chi connectivity index (χ4n) is 3.03. The first-order chi connectivity index (χ1) is 15.4. The van der Waals surface area contributed by atoms with Gasteiger partial charge in [-0.1, -0.05) is 41.4 Å². The number of benzene rings is 2. The fraction of sp³-hybridized carbons (Fsp3) is 0.130. The van der Waals surface area contributed by atoms with E-state index in [2.05, 4.69) is 26.3 Å². The Hall–Kier alpha value is -2.74. The Morgan fingerprint density at radius 3 is 2.62 bits per heavy atom. The minimum atomic E-state index is -0.405. The number of hydrogen-bond acceptors (Lipinski definition) is 4. The average molecular weight is 535 g/mol. The number of para-hydroxylation sites is 1. The van der Waals surface area contributed by atoms with Gasteiger partial charge in [0.05, 0.1) is 11.0 Å². The highest BCUT2D eigenvalue weighted by Crippen LogP contribution is 2.27. The number of aryl methyl sites for hydroxylation is 1. The van der Waals surface area contributed by atoms with Crippen LogP contribution >= 0.6 is 39.1 Å². The Morgan fingerprint density at radius 1 is 1.12 bits per heavy atom. The maximum Gasteiger partial charge on any atom is 0.292 e. The van der Waals surface area contributed by atoms with Crippen molar-refractivity contribution in [2.24, 2.45) is 0 Å². The molecule has 0 aliphatic rings. The summed E-state index contributed by atoms with van der Waals surface area (Å²) in [6.45, 7) is 2.47. The van der Waals surface area contributed by atoms with Gasteiger partial charge >= 0.3 is 0 Å². The van der Waals surface area contributed by atoms with Gasteiger partial charge in [-0.3, -0.25) is 9.48 Å². The van der Waals surface area contributed by atoms with E-state index in [1.54, 1.807) is 41.1 Å². The van der Waals surface area contributed by atoms with Crippen LogP contribution in [0.2, 0.25) is 10.0 Å². The summed E-state index contributed by atoms with van der Waals surface area (Å²) in [6, 6.07) is 17.9. The van der Waals surface area contributed by atoms with Gasteiger partial charge in [-0.25, -0.2) is 0 Å². The normalized spacial score (nSPS) is 10.9. The van der Waals surface area contributed by atoms with Gasteiger partial charge in [-0.05, 0) is 59.3 Å². The molecule has 0 bridgehead atoms. The monoisotopic (exact) mass is 533 g/mol. The maximum absolute atomic E-state index is 12.6. The lowest BCUT2D eigenvalue weighted by Gasteiger charge is -2.08. The molecule has 0 spiro atoms. The number of carbonyl (C=O) groups is 1. The second kappa shape index (κ2) is 9.81. The van der Waals surface area contributed by atoms with E-state index < -0.39 is 5.91 Å². The summed E-state index contributed by atoms with van der Waals surface area (Å²) in [5, 5.41) is 8.31. The Bertz CT molecular complexity index is 1250. The number of furan rings is 1. The average Bonchev–Trinajstić information content (AvgIpc) is 3.37. The molecule has 0 saturated heterocycles. The SMILES string of the molecule is Cc1cc(NC(=O)c2ccc(COc3ccccc3Br)o2)nn1Cc1c(Cl)cccc1Cl. The lowest BCUT2D eigenvalue weighted by Crippen LogP contribution is -2.12. The number of halogens is 3. The molecule has 4 aromatic rings. The standard InChI is InChI=1S/C23H18BrCl2N3O3/c1-14-11-22(28-29(14)12-16-18(25)6-4-7-19(16)26)27-23(30)21-10-9-15(32-21)13-31-20-8-3-2-5-17(20)24/h2-11H,12-13H2,1H3,(H,27,28,30). The number of hydrogen-bond donors (Lipinski definition) is 1. The molecule has 4 rings (SSSR count). The van der Waals surface area contributed by atoms with E-state index in [0.717, 1.165) is 15.7 Å². The Morgan fingerprint density at radius 2 is 1.88 bits per heavy atom. The molecule has 0 radical (unpaired) electrons. The Labute approximate surface area is 203 Å². The second-order valence-electron chi connectivity index (χ2n) is 6.97. The summed E-state index contributed by atoms with van der Waals surface area (Å²) < 4.78 is 13.9. The third-order valence-electron chi connectivity index (χ3n) is 4.68. The Balaban J connectivity index is 1.40. The van der Waals surface area contributed by atoms with Crippen LogP contribution in [0.1, 0.15) is 27.6 Å². The second-order valence-corrected chi connectivity index (χ2v) is 8.64. The summed E-state index contributed by atoms with van der Waals surface area (Å²) >= 11 is 15.9. The zero-order chi connectivity index (χ0) is 22.7. The number of aromatic nitrogens is 2. The molecule has 6 nitrogen and oxygen atoms in total. The number of nitrogens with one attached hydrogen (secondary N) is 1. The van der Waals surface area contributed by atoms with Gasteiger partial charge in [-0.2, -0.15) is 5.10 Å². The van der Waals surface area contributed by atoms with Crippen LogP contribution in [0, 0.1) is 6.92 Å². The highest BCUT2D eigenvalue weighted by Gasteiger charge is 2.16. The van der Waals surface area contributed by atoms with Gasteiger partial charge in [-0.15, -0.1) is 0 Å². The van der Waals surface area contributed by atoms with Crippen LogP contribution in [-0.4, -0.2) is 15.7 Å². The Kier molecular flexibility index (Phi) is 6.89. The molecule has 2 aromatic carbocycles. The largest absolute Gasteiger partial charge is 0.484 e. The molecule has 1 amide bonds. The topological polar surface area (TPSA) is 69.3 Å². The number of ether oxygens (including phenoxy) is 1. The first-order valence-corrected chi connectivity index (χ1v) is 11.2. The molecule has 2 aromatic heterocycles. The van der Waals surface area contributed by atoms with E-state index in [9.17, 15) is 4.79 Å². The van der Waals surface area contributed by atoms with E-state index in [1.165, 1.54) is 0 Å². The predicted octanol–water partition coefficient (Wildman–Crippen LogP) is 6.73. The van der Waals surface area contributed by atoms with Gasteiger partial charge in [0.2, 0.25) is 0 Å². The van der Waals surface area contributed by atoms with Crippen LogP contribution in [-0.2, 0) is 13.2 Å². The van der Waals surface area contributed by atoms with Crippen molar-refractivity contribution in [1.29, 1.82) is 0 Å². The van der Waals surface area contributed by atoms with E-state index >= 15 is 0 Å². The minimum Gasteiger partial charge on any atom is -0.484 e. The van der Waals surface area contributed by atoms with Crippen molar-refractivity contribution in [2.75, 3.05) is 5.32 Å². The van der Waals surface area contributed by atoms with Crippen molar-refractivity contribution in [3.05, 3.63) is 98.0 Å². The molecular weight excluding hydrogens is 517 g/mol. The zero-order valence-corrected chi connectivity index (χ0v) is 20.0. The highest BCUT2D eigenvalue weighted by molar-refractivity contribution is 9.10. The van der Waals surface area contributed by atoms with E-state index in [1.807, 2.05) is 31.2 Å². The van der Waals surface area contributed by atoms with Crippen LogP contribution < -0.4 is 10.1 Å². The number of anilines is 1. The van der Waals surface area contributed by atoms with Gasteiger partial charge < -0.3 is 14.5 Å². The van der Waals surface area contributed by atoms with E-state index in [4.69, 9.17) is 32.4 Å². The highest BCUT2D eigenvalue weighted by atomic mass is 79.9. The molecule has 0 aliphatic carbocycles. The quantitative estimate of drug-likeness (QED) is 0.285. The summed E-state index contributed by atoms with van der Waals surface area (Å²) in [5.41, 5.74) is 1.61. The van der Waals surface area contributed by atoms with Crippen molar-refractivity contribution >= 4 is 50.9 Å². The number of carbonyl (C=O) groups excluding carboxylic acids is 1. The van der Waals surface area contributed by atoms with Crippen LogP contribution in [0.25, 0.3) is 0 Å². The van der Waals surface area contributed by atoms with E-state index in [-0.39, 0.29) is 12.4 Å². The minimum absolute atomic E-state index is 0.164. The zero-order valence-electron chi connectivity index (χ0n) is 16.9. The van der Waals surface area contributed by atoms with Gasteiger partial charge in [0.15, 0.2) is 11.6 Å². The maximum atomic E-state index is 12.6. The smallest absolute Gasteiger partial charge is 0.292 e. The summed E-state index contributed by atoms with van der Waals surface area (Å²) in [6.07, 6.45) is 0. The van der Waals surface area contributed by atoms with Crippen LogP contribution in [0.4, 0.5) is 5.82 Å². The molecule has 1 N–H and O–H groups in total. The summed E-state index contributed by atoms with van der Waals surface area (Å²) in [5.74, 6) is 1.38. The molecule has 0 saturated carbocycles. The molecule has 0 unspecified atom stereocenters. The lowest BCUT2D eigenvalue weighted by atomic mass is 10.2. The molecule has 0 fully saturated rings. The van der Waals surface area contributed by atoms with Crippen molar-refractivity contribution in [3.8, 4) is 5.75 Å². The first-order valence-electron chi connectivity index (χ1n) is 9.65. The van der Waals surface area contributed by atoms with Gasteiger partial charge in [0.1, 0.15) is 18.1 Å².